The third-order valence-corrected chi connectivity index (χ3v) is 3.88. The van der Waals surface area contributed by atoms with Gasteiger partial charge in [0, 0.05) is 5.38 Å². The summed E-state index contributed by atoms with van der Waals surface area (Å²) in [6.45, 7) is 2.06. The van der Waals surface area contributed by atoms with Crippen molar-refractivity contribution >= 4 is 22.4 Å². The van der Waals surface area contributed by atoms with Gasteiger partial charge in [-0.1, -0.05) is 12.1 Å². The summed E-state index contributed by atoms with van der Waals surface area (Å²) in [6, 6.07) is 8.00. The first-order chi connectivity index (χ1) is 10.1. The third-order valence-electron chi connectivity index (χ3n) is 3.06. The molecular weight excluding hydrogens is 288 g/mol. The number of nitrogens with zero attached hydrogens (tertiary/aromatic N) is 1. The molecule has 6 heteroatoms. The Balaban J connectivity index is 1.98. The number of nitrogens with one attached hydrogen (secondary N) is 1. The highest BCUT2D eigenvalue weighted by Crippen LogP contribution is 2.24. The second-order valence-electron chi connectivity index (χ2n) is 4.54. The molecule has 2 rings (SSSR count). The van der Waals surface area contributed by atoms with Gasteiger partial charge in [-0.25, -0.2) is 4.98 Å². The number of carbonyl (C=O) groups is 1. The number of anilines is 1. The lowest BCUT2D eigenvalue weighted by Gasteiger charge is -2.13. The Labute approximate surface area is 127 Å². The van der Waals surface area contributed by atoms with E-state index in [0.717, 1.165) is 22.1 Å². The van der Waals surface area contributed by atoms with Crippen molar-refractivity contribution in [3.8, 4) is 5.75 Å². The number of carbonyl (C=O) groups excluding carboxylic acids is 1. The molecule has 1 atom stereocenters. The molecule has 1 aromatic heterocycles. The number of ether oxygens (including phenoxy) is 2. The molecule has 1 aromatic carbocycles. The van der Waals surface area contributed by atoms with Gasteiger partial charge in [0.1, 0.15) is 5.75 Å². The molecule has 2 aromatic rings. The average molecular weight is 306 g/mol. The Morgan fingerprint density at radius 3 is 2.67 bits per heavy atom. The van der Waals surface area contributed by atoms with Crippen LogP contribution in [0.25, 0.3) is 0 Å². The van der Waals surface area contributed by atoms with Crippen LogP contribution in [0, 0.1) is 0 Å². The Morgan fingerprint density at radius 1 is 1.33 bits per heavy atom. The normalized spacial score (nSPS) is 11.8. The Morgan fingerprint density at radius 2 is 2.05 bits per heavy atom. The molecule has 0 aliphatic heterocycles. The number of methoxy groups -OCH3 is 2. The highest BCUT2D eigenvalue weighted by molar-refractivity contribution is 7.13. The van der Waals surface area contributed by atoms with Gasteiger partial charge in [0.25, 0.3) is 0 Å². The Bertz CT molecular complexity index is 595. The number of thiazole rings is 1. The molecule has 0 saturated heterocycles. The first-order valence-corrected chi connectivity index (χ1v) is 7.42. The van der Waals surface area contributed by atoms with Gasteiger partial charge in [-0.2, -0.15) is 0 Å². The topological polar surface area (TPSA) is 60.5 Å². The summed E-state index contributed by atoms with van der Waals surface area (Å²) in [6.07, 6.45) is 0.200. The average Bonchev–Trinajstić information content (AvgIpc) is 2.94. The molecule has 1 unspecified atom stereocenters. The lowest BCUT2D eigenvalue weighted by molar-refractivity contribution is -0.139. The smallest absolute Gasteiger partial charge is 0.311 e. The quantitative estimate of drug-likeness (QED) is 0.831. The van der Waals surface area contributed by atoms with Crippen LogP contribution in [0.5, 0.6) is 5.75 Å². The molecule has 0 saturated carbocycles. The zero-order chi connectivity index (χ0) is 15.2. The number of rotatable bonds is 6. The summed E-state index contributed by atoms with van der Waals surface area (Å²) in [5.74, 6) is 0.551. The van der Waals surface area contributed by atoms with Crippen molar-refractivity contribution in [3.63, 3.8) is 0 Å². The number of aromatic nitrogens is 1. The summed E-state index contributed by atoms with van der Waals surface area (Å²) >= 11 is 1.48. The van der Waals surface area contributed by atoms with E-state index in [0.29, 0.717) is 0 Å². The standard InChI is InChI=1S/C15H18N2O3S/c1-10(11-4-6-13(19-2)7-5-11)16-15-17-12(9-21-15)8-14(18)20-3/h4-7,9-10H,8H2,1-3H3,(H,16,17). The molecule has 21 heavy (non-hydrogen) atoms. The maximum Gasteiger partial charge on any atom is 0.311 e. The minimum atomic E-state index is -0.282. The SMILES string of the molecule is COC(=O)Cc1csc(NC(C)c2ccc(OC)cc2)n1. The van der Waals surface area contributed by atoms with Crippen LogP contribution in [-0.4, -0.2) is 25.2 Å². The molecule has 1 N–H and O–H groups in total. The summed E-state index contributed by atoms with van der Waals surface area (Å²) in [5, 5.41) is 5.97. The van der Waals surface area contributed by atoms with Gasteiger partial charge in [-0.15, -0.1) is 11.3 Å². The maximum absolute atomic E-state index is 11.2. The molecule has 0 bridgehead atoms. The van der Waals surface area contributed by atoms with Gasteiger partial charge in [0.05, 0.1) is 32.4 Å². The van der Waals surface area contributed by atoms with E-state index in [1.165, 1.54) is 18.4 Å². The zero-order valence-electron chi connectivity index (χ0n) is 12.3. The fourth-order valence-electron chi connectivity index (χ4n) is 1.84. The second-order valence-corrected chi connectivity index (χ2v) is 5.39. The van der Waals surface area contributed by atoms with Crippen molar-refractivity contribution < 1.29 is 14.3 Å². The lowest BCUT2D eigenvalue weighted by Crippen LogP contribution is -2.07. The van der Waals surface area contributed by atoms with Gasteiger partial charge in [0.2, 0.25) is 0 Å². The first kappa shape index (κ1) is 15.3. The molecule has 0 fully saturated rings. The fourth-order valence-corrected chi connectivity index (χ4v) is 2.63. The van der Waals surface area contributed by atoms with E-state index >= 15 is 0 Å². The van der Waals surface area contributed by atoms with Gasteiger partial charge in [-0.3, -0.25) is 4.79 Å². The van der Waals surface area contributed by atoms with Crippen LogP contribution in [0.4, 0.5) is 5.13 Å². The van der Waals surface area contributed by atoms with Crippen molar-refractivity contribution in [1.82, 2.24) is 4.98 Å². The Kier molecular flexibility index (Phi) is 5.16. The van der Waals surface area contributed by atoms with E-state index in [1.807, 2.05) is 29.6 Å². The number of hydrogen-bond donors (Lipinski definition) is 1. The van der Waals surface area contributed by atoms with Crippen LogP contribution in [0.2, 0.25) is 0 Å². The van der Waals surface area contributed by atoms with Crippen LogP contribution in [0.15, 0.2) is 29.6 Å². The number of esters is 1. The summed E-state index contributed by atoms with van der Waals surface area (Å²) in [7, 11) is 3.02. The van der Waals surface area contributed by atoms with Crippen molar-refractivity contribution in [2.24, 2.45) is 0 Å². The molecule has 5 nitrogen and oxygen atoms in total. The minimum absolute atomic E-state index is 0.119. The molecule has 112 valence electrons. The van der Waals surface area contributed by atoms with Crippen LogP contribution in [-0.2, 0) is 16.0 Å². The molecule has 0 aliphatic carbocycles. The maximum atomic E-state index is 11.2. The van der Waals surface area contributed by atoms with Crippen LogP contribution < -0.4 is 10.1 Å². The molecule has 0 amide bonds. The zero-order valence-corrected chi connectivity index (χ0v) is 13.1. The van der Waals surface area contributed by atoms with Crippen LogP contribution in [0.1, 0.15) is 24.2 Å². The summed E-state index contributed by atoms with van der Waals surface area (Å²) < 4.78 is 9.77. The highest BCUT2D eigenvalue weighted by atomic mass is 32.1. The predicted molar refractivity (Wildman–Crippen MR) is 82.9 cm³/mol. The first-order valence-electron chi connectivity index (χ1n) is 6.54. The van der Waals surface area contributed by atoms with Gasteiger partial charge in [-0.05, 0) is 24.6 Å². The number of hydrogen-bond acceptors (Lipinski definition) is 6. The monoisotopic (exact) mass is 306 g/mol. The second kappa shape index (κ2) is 7.08. The third kappa shape index (κ3) is 4.19. The fraction of sp³-hybridized carbons (Fsp3) is 0.333. The van der Waals surface area contributed by atoms with E-state index in [-0.39, 0.29) is 18.4 Å². The summed E-state index contributed by atoms with van der Waals surface area (Å²) in [4.78, 5) is 15.6. The lowest BCUT2D eigenvalue weighted by atomic mass is 10.1. The molecule has 0 aliphatic rings. The van der Waals surface area contributed by atoms with Crippen LogP contribution in [0.3, 0.4) is 0 Å². The van der Waals surface area contributed by atoms with Crippen molar-refractivity contribution in [1.29, 1.82) is 0 Å². The van der Waals surface area contributed by atoms with E-state index in [4.69, 9.17) is 4.74 Å². The van der Waals surface area contributed by atoms with E-state index in [2.05, 4.69) is 22.0 Å². The van der Waals surface area contributed by atoms with Gasteiger partial charge in [0.15, 0.2) is 5.13 Å². The highest BCUT2D eigenvalue weighted by Gasteiger charge is 2.10. The van der Waals surface area contributed by atoms with Crippen molar-refractivity contribution in [3.05, 3.63) is 40.9 Å². The molecule has 0 radical (unpaired) electrons. The molecule has 1 heterocycles. The van der Waals surface area contributed by atoms with Crippen molar-refractivity contribution in [2.75, 3.05) is 19.5 Å². The van der Waals surface area contributed by atoms with E-state index < -0.39 is 0 Å². The predicted octanol–water partition coefficient (Wildman–Crippen LogP) is 3.04. The Hall–Kier alpha value is -2.08. The molecule has 0 spiro atoms. The largest absolute Gasteiger partial charge is 0.497 e. The minimum Gasteiger partial charge on any atom is -0.497 e. The molecular formula is C15H18N2O3S. The van der Waals surface area contributed by atoms with E-state index in [1.54, 1.807) is 7.11 Å². The van der Waals surface area contributed by atoms with E-state index in [9.17, 15) is 4.79 Å². The van der Waals surface area contributed by atoms with Gasteiger partial charge < -0.3 is 14.8 Å². The summed E-state index contributed by atoms with van der Waals surface area (Å²) in [5.41, 5.74) is 1.86. The number of benzene rings is 1. The van der Waals surface area contributed by atoms with Crippen LogP contribution >= 0.6 is 11.3 Å². The van der Waals surface area contributed by atoms with Gasteiger partial charge >= 0.3 is 5.97 Å². The van der Waals surface area contributed by atoms with Crippen molar-refractivity contribution in [2.45, 2.75) is 19.4 Å².